The number of nitrogens with zero attached hydrogens (tertiary/aromatic N) is 1. The molecule has 1 saturated carbocycles. The molecule has 0 radical (unpaired) electrons. The van der Waals surface area contributed by atoms with Crippen LogP contribution in [0.2, 0.25) is 0 Å². The Morgan fingerprint density at radius 2 is 2.32 bits per heavy atom. The molecular weight excluding hydrogens is 240 g/mol. The van der Waals surface area contributed by atoms with Crippen molar-refractivity contribution < 1.29 is 9.90 Å². The Kier molecular flexibility index (Phi) is 5.33. The number of aliphatic hydroxyl groups excluding tert-OH is 1. The second-order valence-electron chi connectivity index (χ2n) is 5.36. The number of carbonyl (C=O) groups is 1. The molecule has 1 aromatic heterocycles. The molecule has 1 aliphatic rings. The van der Waals surface area contributed by atoms with Gasteiger partial charge < -0.3 is 10.4 Å². The van der Waals surface area contributed by atoms with Crippen LogP contribution in [0.5, 0.6) is 0 Å². The largest absolute Gasteiger partial charge is 0.396 e. The highest BCUT2D eigenvalue weighted by Crippen LogP contribution is 2.33. The highest BCUT2D eigenvalue weighted by atomic mass is 16.3. The minimum atomic E-state index is 0.0415. The summed E-state index contributed by atoms with van der Waals surface area (Å²) in [4.78, 5) is 15.9. The first-order chi connectivity index (χ1) is 9.28. The van der Waals surface area contributed by atoms with Crippen molar-refractivity contribution in [2.75, 3.05) is 13.2 Å². The fourth-order valence-electron chi connectivity index (χ4n) is 2.10. The third-order valence-corrected chi connectivity index (χ3v) is 3.55. The number of nitrogens with one attached hydrogen (secondary N) is 1. The van der Waals surface area contributed by atoms with Crippen molar-refractivity contribution in [1.82, 2.24) is 10.3 Å². The normalized spacial score (nSPS) is 16.1. The van der Waals surface area contributed by atoms with Crippen molar-refractivity contribution in [3.8, 4) is 0 Å². The Morgan fingerprint density at radius 3 is 2.95 bits per heavy atom. The Balaban J connectivity index is 1.67. The molecule has 4 nitrogen and oxygen atoms in total. The average molecular weight is 262 g/mol. The number of rotatable bonds is 8. The smallest absolute Gasteiger partial charge is 0.220 e. The van der Waals surface area contributed by atoms with Crippen molar-refractivity contribution >= 4 is 5.91 Å². The molecule has 0 bridgehead atoms. The van der Waals surface area contributed by atoms with E-state index in [1.165, 1.54) is 12.8 Å². The first-order valence-corrected chi connectivity index (χ1v) is 7.05. The van der Waals surface area contributed by atoms with E-state index in [1.54, 1.807) is 6.20 Å². The topological polar surface area (TPSA) is 62.2 Å². The van der Waals surface area contributed by atoms with Crippen LogP contribution in [0.25, 0.3) is 0 Å². The van der Waals surface area contributed by atoms with Crippen LogP contribution in [0, 0.1) is 11.8 Å². The summed E-state index contributed by atoms with van der Waals surface area (Å²) in [6.07, 6.45) is 6.64. The summed E-state index contributed by atoms with van der Waals surface area (Å²) in [5, 5.41) is 12.3. The molecule has 19 heavy (non-hydrogen) atoms. The number of hydrogen-bond donors (Lipinski definition) is 2. The SMILES string of the molecule is O=C(CCC1CC1)NCC(CO)Cc1ccccn1. The van der Waals surface area contributed by atoms with Gasteiger partial charge in [0, 0.05) is 37.4 Å². The fraction of sp³-hybridized carbons (Fsp3) is 0.600. The van der Waals surface area contributed by atoms with Gasteiger partial charge in [0.15, 0.2) is 0 Å². The molecular formula is C15H22N2O2. The van der Waals surface area contributed by atoms with Crippen LogP contribution in [-0.4, -0.2) is 29.1 Å². The standard InChI is InChI=1S/C15H22N2O2/c18-11-13(9-14-3-1-2-8-16-14)10-17-15(19)7-6-12-4-5-12/h1-3,8,12-13,18H,4-7,9-11H2,(H,17,19). The van der Waals surface area contributed by atoms with E-state index < -0.39 is 0 Å². The van der Waals surface area contributed by atoms with Gasteiger partial charge in [0.2, 0.25) is 5.91 Å². The van der Waals surface area contributed by atoms with E-state index in [9.17, 15) is 9.90 Å². The van der Waals surface area contributed by atoms with E-state index in [0.29, 0.717) is 19.4 Å². The van der Waals surface area contributed by atoms with Crippen LogP contribution in [0.1, 0.15) is 31.4 Å². The molecule has 2 N–H and O–H groups in total. The van der Waals surface area contributed by atoms with Crippen LogP contribution < -0.4 is 5.32 Å². The van der Waals surface area contributed by atoms with Crippen LogP contribution in [0.15, 0.2) is 24.4 Å². The van der Waals surface area contributed by atoms with Crippen LogP contribution in [-0.2, 0) is 11.2 Å². The van der Waals surface area contributed by atoms with Crippen LogP contribution >= 0.6 is 0 Å². The van der Waals surface area contributed by atoms with Gasteiger partial charge in [-0.2, -0.15) is 0 Å². The van der Waals surface area contributed by atoms with Crippen molar-refractivity contribution in [2.24, 2.45) is 11.8 Å². The first-order valence-electron chi connectivity index (χ1n) is 7.05. The molecule has 1 fully saturated rings. The zero-order valence-corrected chi connectivity index (χ0v) is 11.2. The summed E-state index contributed by atoms with van der Waals surface area (Å²) in [6, 6.07) is 5.75. The number of carbonyl (C=O) groups excluding carboxylic acids is 1. The van der Waals surface area contributed by atoms with E-state index in [1.807, 2.05) is 18.2 Å². The summed E-state index contributed by atoms with van der Waals surface area (Å²) >= 11 is 0. The minimum Gasteiger partial charge on any atom is -0.396 e. The third kappa shape index (κ3) is 5.39. The second-order valence-corrected chi connectivity index (χ2v) is 5.36. The van der Waals surface area contributed by atoms with E-state index in [0.717, 1.165) is 18.0 Å². The van der Waals surface area contributed by atoms with Crippen molar-refractivity contribution in [3.63, 3.8) is 0 Å². The molecule has 1 atom stereocenters. The zero-order valence-electron chi connectivity index (χ0n) is 11.2. The monoisotopic (exact) mass is 262 g/mol. The van der Waals surface area contributed by atoms with E-state index in [4.69, 9.17) is 0 Å². The van der Waals surface area contributed by atoms with E-state index in [2.05, 4.69) is 10.3 Å². The number of aromatic nitrogens is 1. The lowest BCUT2D eigenvalue weighted by molar-refractivity contribution is -0.121. The van der Waals surface area contributed by atoms with Crippen molar-refractivity contribution in [1.29, 1.82) is 0 Å². The van der Waals surface area contributed by atoms with Gasteiger partial charge >= 0.3 is 0 Å². The lowest BCUT2D eigenvalue weighted by Gasteiger charge is -2.14. The maximum atomic E-state index is 11.6. The number of amides is 1. The molecule has 1 aliphatic carbocycles. The third-order valence-electron chi connectivity index (χ3n) is 3.55. The Labute approximate surface area is 114 Å². The molecule has 1 aromatic rings. The minimum absolute atomic E-state index is 0.0415. The quantitative estimate of drug-likeness (QED) is 0.747. The Morgan fingerprint density at radius 1 is 1.47 bits per heavy atom. The molecule has 2 rings (SSSR count). The van der Waals surface area contributed by atoms with Gasteiger partial charge in [-0.1, -0.05) is 18.9 Å². The Hall–Kier alpha value is -1.42. The molecule has 0 aliphatic heterocycles. The van der Waals surface area contributed by atoms with Gasteiger partial charge in [-0.25, -0.2) is 0 Å². The maximum absolute atomic E-state index is 11.6. The van der Waals surface area contributed by atoms with Gasteiger partial charge in [0.1, 0.15) is 0 Å². The number of aliphatic hydroxyl groups is 1. The second kappa shape index (κ2) is 7.24. The summed E-state index contributed by atoms with van der Waals surface area (Å²) in [6.45, 7) is 0.593. The highest BCUT2D eigenvalue weighted by Gasteiger charge is 2.22. The van der Waals surface area contributed by atoms with Gasteiger partial charge in [-0.05, 0) is 30.9 Å². The average Bonchev–Trinajstić information content (AvgIpc) is 3.26. The first kappa shape index (κ1) is 14.0. The molecule has 0 saturated heterocycles. The predicted octanol–water partition coefficient (Wildman–Crippen LogP) is 1.54. The van der Waals surface area contributed by atoms with Gasteiger partial charge in [-0.3, -0.25) is 9.78 Å². The molecule has 0 aromatic carbocycles. The summed E-state index contributed by atoms with van der Waals surface area (Å²) < 4.78 is 0. The van der Waals surface area contributed by atoms with Gasteiger partial charge in [0.25, 0.3) is 0 Å². The molecule has 1 amide bonds. The number of hydrogen-bond acceptors (Lipinski definition) is 3. The van der Waals surface area contributed by atoms with E-state index >= 15 is 0 Å². The van der Waals surface area contributed by atoms with Gasteiger partial charge in [-0.15, -0.1) is 0 Å². The fourth-order valence-corrected chi connectivity index (χ4v) is 2.10. The van der Waals surface area contributed by atoms with Gasteiger partial charge in [0.05, 0.1) is 0 Å². The molecule has 4 heteroatoms. The van der Waals surface area contributed by atoms with E-state index in [-0.39, 0.29) is 18.4 Å². The summed E-state index contributed by atoms with van der Waals surface area (Å²) in [7, 11) is 0. The summed E-state index contributed by atoms with van der Waals surface area (Å²) in [5.41, 5.74) is 0.953. The van der Waals surface area contributed by atoms with Crippen LogP contribution in [0.3, 0.4) is 0 Å². The predicted molar refractivity (Wildman–Crippen MR) is 73.5 cm³/mol. The lowest BCUT2D eigenvalue weighted by Crippen LogP contribution is -2.31. The molecule has 1 heterocycles. The number of pyridine rings is 1. The lowest BCUT2D eigenvalue weighted by atomic mass is 10.0. The highest BCUT2D eigenvalue weighted by molar-refractivity contribution is 5.75. The summed E-state index contributed by atoms with van der Waals surface area (Å²) in [5.74, 6) is 0.930. The Bertz CT molecular complexity index is 390. The molecule has 104 valence electrons. The molecule has 1 unspecified atom stereocenters. The zero-order chi connectivity index (χ0) is 13.5. The maximum Gasteiger partial charge on any atom is 0.220 e. The molecule has 0 spiro atoms. The van der Waals surface area contributed by atoms with Crippen molar-refractivity contribution in [3.05, 3.63) is 30.1 Å². The van der Waals surface area contributed by atoms with Crippen molar-refractivity contribution in [2.45, 2.75) is 32.1 Å². The van der Waals surface area contributed by atoms with Crippen LogP contribution in [0.4, 0.5) is 0 Å².